The van der Waals surface area contributed by atoms with Crippen molar-refractivity contribution < 1.29 is 13.2 Å². The quantitative estimate of drug-likeness (QED) is 0.752. The molecule has 88 valence electrons. The fraction of sp³-hybridized carbons (Fsp3) is 0.231. The Morgan fingerprint density at radius 2 is 1.82 bits per heavy atom. The first-order valence-electron chi connectivity index (χ1n) is 5.45. The third-order valence-corrected chi connectivity index (χ3v) is 4.91. The van der Waals surface area contributed by atoms with E-state index in [-0.39, 0.29) is 6.10 Å². The summed E-state index contributed by atoms with van der Waals surface area (Å²) in [6.07, 6.45) is 4.78. The van der Waals surface area contributed by atoms with E-state index >= 15 is 0 Å². The average Bonchev–Trinajstić information content (AvgIpc) is 2.91. The minimum Gasteiger partial charge on any atom is -0.357 e. The zero-order chi connectivity index (χ0) is 12.0. The lowest BCUT2D eigenvalue weighted by molar-refractivity contribution is 0.134. The zero-order valence-corrected chi connectivity index (χ0v) is 10.1. The van der Waals surface area contributed by atoms with Crippen LogP contribution >= 0.6 is 0 Å². The van der Waals surface area contributed by atoms with Crippen molar-refractivity contribution in [3.8, 4) is 0 Å². The number of sulfone groups is 1. The van der Waals surface area contributed by atoms with E-state index in [0.717, 1.165) is 5.56 Å². The highest BCUT2D eigenvalue weighted by Crippen LogP contribution is 2.34. The molecule has 0 radical (unpaired) electrons. The van der Waals surface area contributed by atoms with Crippen LogP contribution in [0.4, 0.5) is 0 Å². The molecule has 0 spiro atoms. The highest BCUT2D eigenvalue weighted by molar-refractivity contribution is 7.95. The van der Waals surface area contributed by atoms with Gasteiger partial charge in [0.25, 0.3) is 0 Å². The van der Waals surface area contributed by atoms with Crippen molar-refractivity contribution in [2.24, 2.45) is 0 Å². The van der Waals surface area contributed by atoms with Gasteiger partial charge in [0.15, 0.2) is 0 Å². The Morgan fingerprint density at radius 1 is 1.12 bits per heavy atom. The smallest absolute Gasteiger partial charge is 0.205 e. The Kier molecular flexibility index (Phi) is 2.24. The number of rotatable bonds is 2. The predicted molar refractivity (Wildman–Crippen MR) is 64.2 cm³/mol. The van der Waals surface area contributed by atoms with E-state index in [1.54, 1.807) is 36.4 Å². The van der Waals surface area contributed by atoms with Crippen LogP contribution in [0.2, 0.25) is 0 Å². The lowest BCUT2D eigenvalue weighted by Gasteiger charge is -2.10. The molecule has 0 fully saturated rings. The van der Waals surface area contributed by atoms with Crippen molar-refractivity contribution in [2.45, 2.75) is 24.0 Å². The second kappa shape index (κ2) is 3.55. The summed E-state index contributed by atoms with van der Waals surface area (Å²) in [4.78, 5) is 0.702. The van der Waals surface area contributed by atoms with Gasteiger partial charge < -0.3 is 4.74 Å². The van der Waals surface area contributed by atoms with E-state index in [9.17, 15) is 8.42 Å². The van der Waals surface area contributed by atoms with Crippen LogP contribution in [0.25, 0.3) is 0 Å². The Bertz CT molecular complexity index is 609. The molecule has 2 aliphatic rings. The Morgan fingerprint density at radius 3 is 2.35 bits per heavy atom. The molecule has 0 saturated carbocycles. The van der Waals surface area contributed by atoms with Crippen LogP contribution in [0.5, 0.6) is 0 Å². The lowest BCUT2D eigenvalue weighted by Crippen LogP contribution is -2.14. The molecule has 2 atom stereocenters. The number of benzene rings is 1. The van der Waals surface area contributed by atoms with E-state index in [1.165, 1.54) is 0 Å². The number of hydrogen-bond acceptors (Lipinski definition) is 3. The maximum absolute atomic E-state index is 12.4. The van der Waals surface area contributed by atoms with E-state index in [2.05, 4.69) is 0 Å². The Balaban J connectivity index is 2.03. The molecule has 2 heterocycles. The minimum absolute atomic E-state index is 0.171. The van der Waals surface area contributed by atoms with Gasteiger partial charge in [0.05, 0.1) is 15.9 Å². The molecule has 1 aromatic rings. The molecule has 2 aliphatic heterocycles. The van der Waals surface area contributed by atoms with Gasteiger partial charge in [-0.2, -0.15) is 0 Å². The second-order valence-electron chi connectivity index (χ2n) is 4.29. The average molecular weight is 248 g/mol. The van der Waals surface area contributed by atoms with Gasteiger partial charge in [-0.05, 0) is 25.1 Å². The number of aryl methyl sites for hydroxylation is 1. The van der Waals surface area contributed by atoms with Crippen LogP contribution in [0.3, 0.4) is 0 Å². The van der Waals surface area contributed by atoms with E-state index < -0.39 is 15.9 Å². The van der Waals surface area contributed by atoms with Crippen LogP contribution in [0.1, 0.15) is 5.56 Å². The summed E-state index contributed by atoms with van der Waals surface area (Å²) < 4.78 is 30.1. The van der Waals surface area contributed by atoms with E-state index in [1.807, 2.05) is 13.0 Å². The van der Waals surface area contributed by atoms with Gasteiger partial charge in [-0.3, -0.25) is 0 Å². The second-order valence-corrected chi connectivity index (χ2v) is 6.24. The molecule has 1 aromatic carbocycles. The van der Waals surface area contributed by atoms with Crippen LogP contribution < -0.4 is 0 Å². The molecule has 3 nitrogen and oxygen atoms in total. The third-order valence-electron chi connectivity index (χ3n) is 3.03. The standard InChI is InChI=1S/C13H12O3S/c1-9-2-5-11(6-3-9)17(14,15)13-8-10-4-7-12(13)16-10/h2-8,10,12H,1H3/t10-,12+/m1/s1. The normalized spacial score (nSPS) is 26.3. The third kappa shape index (κ3) is 1.64. The van der Waals surface area contributed by atoms with Crippen molar-refractivity contribution in [1.29, 1.82) is 0 Å². The van der Waals surface area contributed by atoms with Crippen LogP contribution in [0.15, 0.2) is 52.3 Å². The van der Waals surface area contributed by atoms with Crippen molar-refractivity contribution in [3.05, 3.63) is 53.0 Å². The summed E-state index contributed by atoms with van der Waals surface area (Å²) in [6.45, 7) is 1.93. The van der Waals surface area contributed by atoms with Crippen LogP contribution in [-0.4, -0.2) is 20.6 Å². The molecular formula is C13H12O3S. The molecule has 0 aromatic heterocycles. The highest BCUT2D eigenvalue weighted by Gasteiger charge is 2.37. The SMILES string of the molecule is Cc1ccc(S(=O)(=O)C2=C[C@H]3C=C[C@@H]2O3)cc1. The van der Waals surface area contributed by atoms with Gasteiger partial charge in [0.1, 0.15) is 6.10 Å². The number of fused-ring (bicyclic) bond motifs is 2. The maximum atomic E-state index is 12.4. The monoisotopic (exact) mass is 248 g/mol. The van der Waals surface area contributed by atoms with Gasteiger partial charge in [-0.25, -0.2) is 8.42 Å². The predicted octanol–water partition coefficient (Wildman–Crippen LogP) is 1.99. The Labute approximate surface area is 100 Å². The zero-order valence-electron chi connectivity index (χ0n) is 9.33. The van der Waals surface area contributed by atoms with Crippen LogP contribution in [-0.2, 0) is 14.6 Å². The molecule has 2 bridgehead atoms. The first kappa shape index (κ1) is 10.7. The molecule has 0 saturated heterocycles. The Hall–Kier alpha value is -1.39. The van der Waals surface area contributed by atoms with Gasteiger partial charge in [-0.15, -0.1) is 0 Å². The van der Waals surface area contributed by atoms with Gasteiger partial charge in [0.2, 0.25) is 9.84 Å². The van der Waals surface area contributed by atoms with Crippen molar-refractivity contribution in [2.75, 3.05) is 0 Å². The van der Waals surface area contributed by atoms with E-state index in [4.69, 9.17) is 4.74 Å². The van der Waals surface area contributed by atoms with Gasteiger partial charge in [-0.1, -0.05) is 29.8 Å². The maximum Gasteiger partial charge on any atom is 0.205 e. The fourth-order valence-electron chi connectivity index (χ4n) is 2.08. The van der Waals surface area contributed by atoms with Gasteiger partial charge >= 0.3 is 0 Å². The first-order chi connectivity index (χ1) is 8.07. The van der Waals surface area contributed by atoms with Gasteiger partial charge in [0, 0.05) is 0 Å². The summed E-state index contributed by atoms with van der Waals surface area (Å²) in [7, 11) is -3.40. The van der Waals surface area contributed by atoms with Crippen molar-refractivity contribution >= 4 is 9.84 Å². The summed E-state index contributed by atoms with van der Waals surface area (Å²) in [6, 6.07) is 6.89. The molecule has 0 aliphatic carbocycles. The molecule has 3 rings (SSSR count). The molecule has 0 unspecified atom stereocenters. The van der Waals surface area contributed by atoms with Crippen LogP contribution in [0, 0.1) is 6.92 Å². The summed E-state index contributed by atoms with van der Waals surface area (Å²) >= 11 is 0. The lowest BCUT2D eigenvalue weighted by atomic mass is 10.2. The summed E-state index contributed by atoms with van der Waals surface area (Å²) in [5.74, 6) is 0. The first-order valence-corrected chi connectivity index (χ1v) is 6.93. The summed E-state index contributed by atoms with van der Waals surface area (Å²) in [5.41, 5.74) is 1.04. The largest absolute Gasteiger partial charge is 0.357 e. The minimum atomic E-state index is -3.40. The number of hydrogen-bond donors (Lipinski definition) is 0. The highest BCUT2D eigenvalue weighted by atomic mass is 32.2. The summed E-state index contributed by atoms with van der Waals surface area (Å²) in [5, 5.41) is 0. The number of ether oxygens (including phenoxy) is 1. The molecule has 17 heavy (non-hydrogen) atoms. The van der Waals surface area contributed by atoms with Crippen molar-refractivity contribution in [3.63, 3.8) is 0 Å². The fourth-order valence-corrected chi connectivity index (χ4v) is 3.60. The molecule has 0 amide bonds. The topological polar surface area (TPSA) is 43.4 Å². The molecule has 4 heteroatoms. The van der Waals surface area contributed by atoms with Crippen molar-refractivity contribution in [1.82, 2.24) is 0 Å². The van der Waals surface area contributed by atoms with E-state index in [0.29, 0.717) is 9.80 Å². The molecule has 0 N–H and O–H groups in total. The molecular weight excluding hydrogens is 236 g/mol.